The molecule has 31 heavy (non-hydrogen) atoms. The van der Waals surface area contributed by atoms with E-state index in [1.54, 1.807) is 11.8 Å². The minimum absolute atomic E-state index is 0.154. The summed E-state index contributed by atoms with van der Waals surface area (Å²) in [5, 5.41) is 2.66. The number of hydrogen-bond acceptors (Lipinski definition) is 3. The van der Waals surface area contributed by atoms with Gasteiger partial charge in [-0.25, -0.2) is 13.6 Å². The number of carbonyl (C=O) groups excluding carboxylic acids is 2. The smallest absolute Gasteiger partial charge is 0.322 e. The summed E-state index contributed by atoms with van der Waals surface area (Å²) >= 11 is 0. The van der Waals surface area contributed by atoms with Crippen LogP contribution in [-0.4, -0.2) is 48.0 Å². The van der Waals surface area contributed by atoms with E-state index in [9.17, 15) is 18.4 Å². The molecule has 0 saturated carbocycles. The van der Waals surface area contributed by atoms with Gasteiger partial charge in [-0.1, -0.05) is 36.4 Å². The topological polar surface area (TPSA) is 61.9 Å². The standard InChI is InChI=1S/C23H23F2N3O3/c1-15-19(22(29)27-10-12-31-13-11-27)21(20-17(24)8-5-9-18(20)25)26-23(30)28(15)14-16-6-3-2-4-7-16/h2-9,21H,10-14H2,1H3,(H,26,30)/t21-/m0/s1. The molecule has 1 fully saturated rings. The molecule has 6 nitrogen and oxygen atoms in total. The monoisotopic (exact) mass is 427 g/mol. The molecule has 4 rings (SSSR count). The molecule has 162 valence electrons. The molecule has 2 heterocycles. The summed E-state index contributed by atoms with van der Waals surface area (Å²) in [6, 6.07) is 11.1. The number of nitrogens with zero attached hydrogens (tertiary/aromatic N) is 2. The van der Waals surface area contributed by atoms with Crippen LogP contribution in [0.25, 0.3) is 0 Å². The van der Waals surface area contributed by atoms with Gasteiger partial charge in [-0.15, -0.1) is 0 Å². The lowest BCUT2D eigenvalue weighted by molar-refractivity contribution is -0.131. The van der Waals surface area contributed by atoms with E-state index in [0.29, 0.717) is 32.0 Å². The molecule has 2 aromatic carbocycles. The zero-order chi connectivity index (χ0) is 22.0. The average molecular weight is 427 g/mol. The van der Waals surface area contributed by atoms with Gasteiger partial charge in [-0.2, -0.15) is 0 Å². The van der Waals surface area contributed by atoms with Crippen molar-refractivity contribution in [2.45, 2.75) is 19.5 Å². The van der Waals surface area contributed by atoms with Crippen molar-refractivity contribution in [2.75, 3.05) is 26.3 Å². The first-order valence-electron chi connectivity index (χ1n) is 10.1. The molecule has 0 aromatic heterocycles. The Bertz CT molecular complexity index is 1000. The van der Waals surface area contributed by atoms with E-state index in [4.69, 9.17) is 4.74 Å². The molecule has 1 saturated heterocycles. The van der Waals surface area contributed by atoms with Gasteiger partial charge in [0, 0.05) is 18.8 Å². The average Bonchev–Trinajstić information content (AvgIpc) is 2.77. The third-order valence-electron chi connectivity index (χ3n) is 5.60. The number of halogens is 2. The van der Waals surface area contributed by atoms with Crippen molar-refractivity contribution >= 4 is 11.9 Å². The Hall–Kier alpha value is -3.26. The summed E-state index contributed by atoms with van der Waals surface area (Å²) in [6.45, 7) is 3.38. The van der Waals surface area contributed by atoms with Gasteiger partial charge >= 0.3 is 6.03 Å². The first-order chi connectivity index (χ1) is 15.0. The summed E-state index contributed by atoms with van der Waals surface area (Å²) in [5.74, 6) is -2.00. The van der Waals surface area contributed by atoms with E-state index < -0.39 is 23.7 Å². The lowest BCUT2D eigenvalue weighted by atomic mass is 9.92. The van der Waals surface area contributed by atoms with Crippen LogP contribution >= 0.6 is 0 Å². The minimum Gasteiger partial charge on any atom is -0.378 e. The number of ether oxygens (including phenoxy) is 1. The maximum absolute atomic E-state index is 14.6. The van der Waals surface area contributed by atoms with Gasteiger partial charge in [0.15, 0.2) is 0 Å². The molecule has 0 aliphatic carbocycles. The molecular weight excluding hydrogens is 404 g/mol. The van der Waals surface area contributed by atoms with Crippen LogP contribution in [0.15, 0.2) is 59.8 Å². The molecule has 0 spiro atoms. The summed E-state index contributed by atoms with van der Waals surface area (Å²) in [7, 11) is 0. The quantitative estimate of drug-likeness (QED) is 0.814. The second-order valence-electron chi connectivity index (χ2n) is 7.49. The number of carbonyl (C=O) groups is 2. The zero-order valence-corrected chi connectivity index (χ0v) is 17.1. The number of urea groups is 1. The van der Waals surface area contributed by atoms with Crippen LogP contribution in [0.2, 0.25) is 0 Å². The predicted molar refractivity (Wildman–Crippen MR) is 110 cm³/mol. The van der Waals surface area contributed by atoms with Crippen molar-refractivity contribution in [2.24, 2.45) is 0 Å². The minimum atomic E-state index is -1.23. The Morgan fingerprint density at radius 3 is 2.35 bits per heavy atom. The summed E-state index contributed by atoms with van der Waals surface area (Å²) in [6.07, 6.45) is 0. The molecule has 0 unspecified atom stereocenters. The highest BCUT2D eigenvalue weighted by molar-refractivity contribution is 5.98. The number of morpholine rings is 1. The number of hydrogen-bond donors (Lipinski definition) is 1. The fourth-order valence-electron chi connectivity index (χ4n) is 3.95. The van der Waals surface area contributed by atoms with E-state index in [1.165, 1.54) is 11.0 Å². The molecule has 2 aromatic rings. The third kappa shape index (κ3) is 4.16. The van der Waals surface area contributed by atoms with E-state index in [-0.39, 0.29) is 23.6 Å². The maximum atomic E-state index is 14.6. The van der Waals surface area contributed by atoms with Crippen molar-refractivity contribution in [3.05, 3.63) is 82.6 Å². The van der Waals surface area contributed by atoms with Gasteiger partial charge in [0.2, 0.25) is 0 Å². The summed E-state index contributed by atoms with van der Waals surface area (Å²) in [4.78, 5) is 29.4. The SMILES string of the molecule is CC1=C(C(=O)N2CCOCC2)[C@@H](c2c(F)cccc2F)NC(=O)N1Cc1ccccc1. The fraction of sp³-hybridized carbons (Fsp3) is 0.304. The van der Waals surface area contributed by atoms with Crippen LogP contribution < -0.4 is 5.32 Å². The summed E-state index contributed by atoms with van der Waals surface area (Å²) in [5.41, 5.74) is 1.05. The normalized spacial score (nSPS) is 19.5. The Morgan fingerprint density at radius 1 is 1.06 bits per heavy atom. The maximum Gasteiger partial charge on any atom is 0.322 e. The Labute approximate surface area is 179 Å². The molecule has 0 radical (unpaired) electrons. The third-order valence-corrected chi connectivity index (χ3v) is 5.60. The zero-order valence-electron chi connectivity index (χ0n) is 17.1. The number of rotatable bonds is 4. The highest BCUT2D eigenvalue weighted by Gasteiger charge is 2.39. The molecule has 1 N–H and O–H groups in total. The molecule has 8 heteroatoms. The van der Waals surface area contributed by atoms with Crippen LogP contribution in [0.3, 0.4) is 0 Å². The van der Waals surface area contributed by atoms with E-state index in [1.807, 2.05) is 30.3 Å². The molecule has 3 amide bonds. The van der Waals surface area contributed by atoms with E-state index in [0.717, 1.165) is 17.7 Å². The van der Waals surface area contributed by atoms with Crippen molar-refractivity contribution in [1.82, 2.24) is 15.1 Å². The van der Waals surface area contributed by atoms with Gasteiger partial charge < -0.3 is 15.0 Å². The van der Waals surface area contributed by atoms with Crippen LogP contribution in [-0.2, 0) is 16.1 Å². The first kappa shape index (κ1) is 21.0. The predicted octanol–water partition coefficient (Wildman–Crippen LogP) is 3.36. The number of amides is 3. The van der Waals surface area contributed by atoms with E-state index in [2.05, 4.69) is 5.32 Å². The fourth-order valence-corrected chi connectivity index (χ4v) is 3.95. The van der Waals surface area contributed by atoms with Crippen LogP contribution in [0, 0.1) is 11.6 Å². The van der Waals surface area contributed by atoms with Gasteiger partial charge in [0.05, 0.1) is 36.9 Å². The van der Waals surface area contributed by atoms with Gasteiger partial charge in [-0.3, -0.25) is 9.69 Å². The van der Waals surface area contributed by atoms with Gasteiger partial charge in [0.1, 0.15) is 11.6 Å². The van der Waals surface area contributed by atoms with Gasteiger partial charge in [-0.05, 0) is 24.6 Å². The second-order valence-corrected chi connectivity index (χ2v) is 7.49. The Balaban J connectivity index is 1.79. The van der Waals surface area contributed by atoms with Crippen LogP contribution in [0.5, 0.6) is 0 Å². The Morgan fingerprint density at radius 2 is 1.71 bits per heavy atom. The number of nitrogens with one attached hydrogen (secondary N) is 1. The van der Waals surface area contributed by atoms with Crippen molar-refractivity contribution in [3.63, 3.8) is 0 Å². The largest absolute Gasteiger partial charge is 0.378 e. The Kier molecular flexibility index (Phi) is 5.99. The van der Waals surface area contributed by atoms with E-state index >= 15 is 0 Å². The molecule has 1 atom stereocenters. The lowest BCUT2D eigenvalue weighted by Crippen LogP contribution is -2.51. The van der Waals surface area contributed by atoms with Crippen molar-refractivity contribution in [3.8, 4) is 0 Å². The summed E-state index contributed by atoms with van der Waals surface area (Å²) < 4.78 is 34.6. The highest BCUT2D eigenvalue weighted by Crippen LogP contribution is 2.35. The van der Waals surface area contributed by atoms with Crippen LogP contribution in [0.1, 0.15) is 24.1 Å². The lowest BCUT2D eigenvalue weighted by Gasteiger charge is -2.38. The first-order valence-corrected chi connectivity index (χ1v) is 10.1. The molecular formula is C23H23F2N3O3. The molecule has 0 bridgehead atoms. The molecule has 2 aliphatic rings. The molecule has 2 aliphatic heterocycles. The van der Waals surface area contributed by atoms with Crippen molar-refractivity contribution in [1.29, 1.82) is 0 Å². The second kappa shape index (κ2) is 8.85. The number of allylic oxidation sites excluding steroid dienone is 1. The van der Waals surface area contributed by atoms with Crippen LogP contribution in [0.4, 0.5) is 13.6 Å². The highest BCUT2D eigenvalue weighted by atomic mass is 19.1. The van der Waals surface area contributed by atoms with Crippen molar-refractivity contribution < 1.29 is 23.1 Å². The van der Waals surface area contributed by atoms with Gasteiger partial charge in [0.25, 0.3) is 5.91 Å². The number of benzene rings is 2.